The van der Waals surface area contributed by atoms with Gasteiger partial charge in [-0.1, -0.05) is 6.92 Å². The van der Waals surface area contributed by atoms with E-state index in [9.17, 15) is 0 Å². The molecular weight excluding hydrogens is 272 g/mol. The first-order chi connectivity index (χ1) is 9.78. The van der Waals surface area contributed by atoms with Crippen LogP contribution >= 0.6 is 11.8 Å². The number of rotatable bonds is 6. The molecule has 2 aromatic heterocycles. The van der Waals surface area contributed by atoms with E-state index in [1.54, 1.807) is 0 Å². The van der Waals surface area contributed by atoms with Crippen LogP contribution in [0, 0.1) is 0 Å². The van der Waals surface area contributed by atoms with Gasteiger partial charge in [-0.05, 0) is 66.2 Å². The van der Waals surface area contributed by atoms with Gasteiger partial charge in [0.1, 0.15) is 5.03 Å². The van der Waals surface area contributed by atoms with Gasteiger partial charge in [0.05, 0.1) is 6.04 Å². The van der Waals surface area contributed by atoms with Crippen molar-refractivity contribution in [2.45, 2.75) is 49.0 Å². The third kappa shape index (κ3) is 2.99. The minimum Gasteiger partial charge on any atom is -0.310 e. The first kappa shape index (κ1) is 13.5. The normalized spacial score (nSPS) is 16.3. The van der Waals surface area contributed by atoms with E-state index in [0.29, 0.717) is 12.1 Å². The summed E-state index contributed by atoms with van der Waals surface area (Å²) in [7, 11) is 0. The summed E-state index contributed by atoms with van der Waals surface area (Å²) in [4.78, 5) is 4.40. The van der Waals surface area contributed by atoms with Crippen LogP contribution in [0.5, 0.6) is 0 Å². The Morgan fingerprint density at radius 3 is 3.10 bits per heavy atom. The number of pyridine rings is 1. The summed E-state index contributed by atoms with van der Waals surface area (Å²) >= 11 is 1.53. The second-order valence-electron chi connectivity index (χ2n) is 4.95. The summed E-state index contributed by atoms with van der Waals surface area (Å²) in [6.07, 6.45) is 4.18. The Balaban J connectivity index is 1.76. The Labute approximate surface area is 122 Å². The zero-order valence-electron chi connectivity index (χ0n) is 11.7. The van der Waals surface area contributed by atoms with Crippen LogP contribution in [0.4, 0.5) is 0 Å². The Kier molecular flexibility index (Phi) is 3.98. The molecule has 0 spiro atoms. The van der Waals surface area contributed by atoms with E-state index in [1.807, 2.05) is 16.9 Å². The number of nitrogens with zero attached hydrogens (tertiary/aromatic N) is 5. The number of hydrogen-bond donors (Lipinski definition) is 1. The van der Waals surface area contributed by atoms with Gasteiger partial charge in [-0.15, -0.1) is 5.10 Å². The number of aromatic nitrogens is 5. The molecule has 3 rings (SSSR count). The fourth-order valence-electron chi connectivity index (χ4n) is 2.07. The maximum Gasteiger partial charge on any atom is 0.215 e. The number of nitrogens with one attached hydrogen (secondary N) is 1. The van der Waals surface area contributed by atoms with Gasteiger partial charge < -0.3 is 5.32 Å². The lowest BCUT2D eigenvalue weighted by Crippen LogP contribution is -2.17. The average Bonchev–Trinajstić information content (AvgIpc) is 3.20. The van der Waals surface area contributed by atoms with Gasteiger partial charge in [0, 0.05) is 12.2 Å². The molecule has 1 aliphatic rings. The van der Waals surface area contributed by atoms with Crippen LogP contribution in [0.3, 0.4) is 0 Å². The summed E-state index contributed by atoms with van der Waals surface area (Å²) in [6.45, 7) is 5.21. The molecule has 2 aromatic rings. The molecule has 106 valence electrons. The van der Waals surface area contributed by atoms with Crippen molar-refractivity contribution >= 4 is 11.8 Å². The van der Waals surface area contributed by atoms with Crippen molar-refractivity contribution in [3.8, 4) is 0 Å². The van der Waals surface area contributed by atoms with Crippen molar-refractivity contribution in [3.63, 3.8) is 0 Å². The van der Waals surface area contributed by atoms with Crippen LogP contribution in [-0.4, -0.2) is 31.7 Å². The van der Waals surface area contributed by atoms with Gasteiger partial charge in [-0.25, -0.2) is 9.67 Å². The van der Waals surface area contributed by atoms with Crippen molar-refractivity contribution < 1.29 is 0 Å². The third-order valence-electron chi connectivity index (χ3n) is 3.32. The maximum absolute atomic E-state index is 4.40. The molecule has 1 unspecified atom stereocenters. The summed E-state index contributed by atoms with van der Waals surface area (Å²) in [5.41, 5.74) is 1.23. The SMILES string of the molecule is CCNC(C)c1ccnc(Sc2nnnn2C2CC2)c1. The van der Waals surface area contributed by atoms with E-state index in [1.165, 1.54) is 30.2 Å². The van der Waals surface area contributed by atoms with Crippen LogP contribution in [0.2, 0.25) is 0 Å². The first-order valence-corrected chi connectivity index (χ1v) is 7.74. The Morgan fingerprint density at radius 1 is 1.50 bits per heavy atom. The van der Waals surface area contributed by atoms with E-state index in [2.05, 4.69) is 45.7 Å². The fourth-order valence-corrected chi connectivity index (χ4v) is 2.92. The molecule has 0 aliphatic heterocycles. The molecule has 20 heavy (non-hydrogen) atoms. The molecular formula is C13H18N6S. The van der Waals surface area contributed by atoms with Crippen LogP contribution in [0.1, 0.15) is 44.3 Å². The molecule has 1 aliphatic carbocycles. The van der Waals surface area contributed by atoms with Crippen molar-refractivity contribution in [1.82, 2.24) is 30.5 Å². The number of tetrazole rings is 1. The standard InChI is InChI=1S/C13H18N6S/c1-3-14-9(2)10-6-7-15-12(8-10)20-13-16-17-18-19(13)11-4-5-11/h6-9,11,14H,3-5H2,1-2H3. The molecule has 1 atom stereocenters. The highest BCUT2D eigenvalue weighted by Gasteiger charge is 2.28. The van der Waals surface area contributed by atoms with Crippen LogP contribution < -0.4 is 5.32 Å². The molecule has 0 aromatic carbocycles. The molecule has 0 radical (unpaired) electrons. The van der Waals surface area contributed by atoms with Gasteiger partial charge in [-0.2, -0.15) is 0 Å². The van der Waals surface area contributed by atoms with E-state index in [4.69, 9.17) is 0 Å². The second kappa shape index (κ2) is 5.88. The van der Waals surface area contributed by atoms with Crippen LogP contribution in [-0.2, 0) is 0 Å². The zero-order valence-corrected chi connectivity index (χ0v) is 12.5. The van der Waals surface area contributed by atoms with E-state index in [0.717, 1.165) is 16.7 Å². The lowest BCUT2D eigenvalue weighted by atomic mass is 10.1. The molecule has 1 saturated carbocycles. The quantitative estimate of drug-likeness (QED) is 0.880. The van der Waals surface area contributed by atoms with Crippen LogP contribution in [0.25, 0.3) is 0 Å². The maximum atomic E-state index is 4.40. The van der Waals surface area contributed by atoms with Crippen molar-refractivity contribution in [1.29, 1.82) is 0 Å². The van der Waals surface area contributed by atoms with Gasteiger partial charge in [-0.3, -0.25) is 0 Å². The van der Waals surface area contributed by atoms with E-state index >= 15 is 0 Å². The van der Waals surface area contributed by atoms with E-state index in [-0.39, 0.29) is 0 Å². The molecule has 1 N–H and O–H groups in total. The van der Waals surface area contributed by atoms with Crippen molar-refractivity contribution in [2.24, 2.45) is 0 Å². The largest absolute Gasteiger partial charge is 0.310 e. The highest BCUT2D eigenvalue weighted by molar-refractivity contribution is 7.99. The molecule has 0 bridgehead atoms. The van der Waals surface area contributed by atoms with Crippen molar-refractivity contribution in [2.75, 3.05) is 6.54 Å². The fraction of sp³-hybridized carbons (Fsp3) is 0.538. The van der Waals surface area contributed by atoms with Gasteiger partial charge >= 0.3 is 0 Å². The highest BCUT2D eigenvalue weighted by Crippen LogP contribution is 2.37. The third-order valence-corrected chi connectivity index (χ3v) is 4.20. The smallest absolute Gasteiger partial charge is 0.215 e. The average molecular weight is 290 g/mol. The Hall–Kier alpha value is -1.47. The minimum absolute atomic E-state index is 0.321. The van der Waals surface area contributed by atoms with Gasteiger partial charge in [0.15, 0.2) is 0 Å². The highest BCUT2D eigenvalue weighted by atomic mass is 32.2. The van der Waals surface area contributed by atoms with Crippen molar-refractivity contribution in [3.05, 3.63) is 23.9 Å². The predicted octanol–water partition coefficient (Wildman–Crippen LogP) is 2.22. The minimum atomic E-state index is 0.321. The van der Waals surface area contributed by atoms with Gasteiger partial charge in [0.25, 0.3) is 0 Å². The predicted molar refractivity (Wildman–Crippen MR) is 76.5 cm³/mol. The molecule has 7 heteroatoms. The first-order valence-electron chi connectivity index (χ1n) is 6.93. The monoisotopic (exact) mass is 290 g/mol. The molecule has 1 fully saturated rings. The number of hydrogen-bond acceptors (Lipinski definition) is 6. The molecule has 2 heterocycles. The molecule has 6 nitrogen and oxygen atoms in total. The second-order valence-corrected chi connectivity index (χ2v) is 5.93. The topological polar surface area (TPSA) is 68.5 Å². The summed E-state index contributed by atoms with van der Waals surface area (Å²) in [5.74, 6) is 0. The summed E-state index contributed by atoms with van der Waals surface area (Å²) in [6, 6.07) is 4.95. The molecule has 0 amide bonds. The van der Waals surface area contributed by atoms with E-state index < -0.39 is 0 Å². The molecule has 0 saturated heterocycles. The summed E-state index contributed by atoms with van der Waals surface area (Å²) in [5, 5.41) is 17.1. The van der Waals surface area contributed by atoms with Crippen LogP contribution in [0.15, 0.2) is 28.5 Å². The van der Waals surface area contributed by atoms with Gasteiger partial charge in [0.2, 0.25) is 5.16 Å². The lowest BCUT2D eigenvalue weighted by molar-refractivity contribution is 0.565. The zero-order chi connectivity index (χ0) is 13.9. The lowest BCUT2D eigenvalue weighted by Gasteiger charge is -2.13. The Bertz CT molecular complexity index is 580. The summed E-state index contributed by atoms with van der Waals surface area (Å²) < 4.78 is 1.91. The Morgan fingerprint density at radius 2 is 2.35 bits per heavy atom.